The molecule has 0 spiro atoms. The zero-order valence-electron chi connectivity index (χ0n) is 21.3. The summed E-state index contributed by atoms with van der Waals surface area (Å²) in [5.74, 6) is 0.116. The topological polar surface area (TPSA) is 107 Å². The summed E-state index contributed by atoms with van der Waals surface area (Å²) in [6, 6.07) is -0.0831. The highest BCUT2D eigenvalue weighted by Crippen LogP contribution is 2.39. The number of piperazine rings is 1. The lowest BCUT2D eigenvalue weighted by atomic mass is 10.1. The van der Waals surface area contributed by atoms with Crippen molar-refractivity contribution in [2.75, 3.05) is 55.0 Å². The van der Waals surface area contributed by atoms with Crippen LogP contribution in [0.2, 0.25) is 0 Å². The fourth-order valence-electron chi connectivity index (χ4n) is 4.56. The Bertz CT molecular complexity index is 1340. The van der Waals surface area contributed by atoms with E-state index in [-0.39, 0.29) is 44.3 Å². The number of thiocarbonyl (C=S) groups is 1. The van der Waals surface area contributed by atoms with Crippen molar-refractivity contribution >= 4 is 40.3 Å². The number of pyridine rings is 1. The third-order valence-corrected chi connectivity index (χ3v) is 7.07. The Morgan fingerprint density at radius 3 is 2.62 bits per heavy atom. The van der Waals surface area contributed by atoms with Crippen molar-refractivity contribution in [3.63, 3.8) is 0 Å². The van der Waals surface area contributed by atoms with E-state index < -0.39 is 46.8 Å². The van der Waals surface area contributed by atoms with Crippen LogP contribution in [-0.2, 0) is 21.9 Å². The number of anilines is 3. The molecule has 2 aromatic rings. The average molecular weight is 594 g/mol. The number of hydrogen-bond acceptors (Lipinski definition) is 8. The summed E-state index contributed by atoms with van der Waals surface area (Å²) in [5, 5.41) is 7.70. The highest BCUT2D eigenvalue weighted by Gasteiger charge is 2.41. The molecule has 2 unspecified atom stereocenters. The van der Waals surface area contributed by atoms with Gasteiger partial charge < -0.3 is 24.8 Å². The number of carbonyl (C=O) groups is 1. The van der Waals surface area contributed by atoms with Gasteiger partial charge in [0, 0.05) is 38.9 Å². The number of likely N-dealkylation sites (N-methyl/N-ethyl adjacent to an activating group) is 1. The van der Waals surface area contributed by atoms with E-state index in [4.69, 9.17) is 17.0 Å². The van der Waals surface area contributed by atoms with Crippen molar-refractivity contribution < 1.29 is 35.9 Å². The van der Waals surface area contributed by atoms with Gasteiger partial charge in [0.15, 0.2) is 5.82 Å². The van der Waals surface area contributed by atoms with Crippen LogP contribution in [0.15, 0.2) is 23.3 Å². The van der Waals surface area contributed by atoms with Crippen LogP contribution < -0.4 is 20.7 Å². The van der Waals surface area contributed by atoms with Crippen LogP contribution in [0, 0.1) is 0 Å². The van der Waals surface area contributed by atoms with Gasteiger partial charge in [0.1, 0.15) is 10.6 Å². The summed E-state index contributed by atoms with van der Waals surface area (Å²) < 4.78 is 84.6. The molecule has 1 fully saturated rings. The van der Waals surface area contributed by atoms with Crippen LogP contribution >= 0.6 is 12.2 Å². The van der Waals surface area contributed by atoms with Crippen LogP contribution in [-0.4, -0.2) is 83.0 Å². The van der Waals surface area contributed by atoms with Crippen molar-refractivity contribution in [1.82, 2.24) is 20.1 Å². The van der Waals surface area contributed by atoms with Crippen LogP contribution in [0.4, 0.5) is 43.5 Å². The lowest BCUT2D eigenvalue weighted by molar-refractivity contribution is -0.138. The van der Waals surface area contributed by atoms with Gasteiger partial charge >= 0.3 is 12.4 Å². The summed E-state index contributed by atoms with van der Waals surface area (Å²) in [5.41, 5.74) is -3.89. The molecule has 0 aromatic carbocycles. The number of aromatic nitrogens is 3. The van der Waals surface area contributed by atoms with Gasteiger partial charge in [-0.15, -0.1) is 0 Å². The first-order valence-corrected chi connectivity index (χ1v) is 12.5. The van der Waals surface area contributed by atoms with Gasteiger partial charge in [-0.25, -0.2) is 10.1 Å². The number of nitrogens with zero attached hydrogens (tertiary/aromatic N) is 5. The van der Waals surface area contributed by atoms with Crippen LogP contribution in [0.3, 0.4) is 0 Å². The Kier molecular flexibility index (Phi) is 8.26. The van der Waals surface area contributed by atoms with E-state index in [1.165, 1.54) is 4.90 Å². The minimum absolute atomic E-state index is 0.00776. The second-order valence-corrected chi connectivity index (χ2v) is 9.78. The standard InChI is InChI=1S/C23H25F6N7O3S/c1-12(32-14-9-31-33-20(38)18(14)23(27,28)29)11-39-6-3-17(37)35-4-5-36-16(10-35)21(40)34(2)15-7-13(22(24,25)26)8-30-19(15)36/h7-9,12,16H,3-6,10-11H2,1-2H3,(H2,32,33,38). The molecule has 4 heterocycles. The van der Waals surface area contributed by atoms with Crippen molar-refractivity contribution in [1.29, 1.82) is 0 Å². The fraction of sp³-hybridized carbons (Fsp3) is 0.522. The number of aromatic amines is 1. The Labute approximate surface area is 229 Å². The largest absolute Gasteiger partial charge is 0.423 e. The molecule has 2 aliphatic rings. The molecule has 2 N–H and O–H groups in total. The number of ether oxygens (including phenoxy) is 1. The molecule has 1 amide bonds. The second-order valence-electron chi connectivity index (χ2n) is 9.37. The number of halogens is 6. The second kappa shape index (κ2) is 11.2. The molecule has 0 saturated carbocycles. The predicted octanol–water partition coefficient (Wildman–Crippen LogP) is 2.90. The van der Waals surface area contributed by atoms with E-state index in [1.807, 2.05) is 0 Å². The van der Waals surface area contributed by atoms with Gasteiger partial charge in [0.2, 0.25) is 5.91 Å². The monoisotopic (exact) mass is 593 g/mol. The van der Waals surface area contributed by atoms with Gasteiger partial charge in [-0.3, -0.25) is 9.59 Å². The minimum atomic E-state index is -4.88. The summed E-state index contributed by atoms with van der Waals surface area (Å²) in [7, 11) is 1.56. The third kappa shape index (κ3) is 6.14. The molecule has 2 atom stereocenters. The Balaban J connectivity index is 1.30. The van der Waals surface area contributed by atoms with E-state index in [9.17, 15) is 35.9 Å². The minimum Gasteiger partial charge on any atom is -0.379 e. The van der Waals surface area contributed by atoms with E-state index in [0.29, 0.717) is 17.4 Å². The van der Waals surface area contributed by atoms with E-state index in [2.05, 4.69) is 15.4 Å². The Hall–Kier alpha value is -3.47. The summed E-state index contributed by atoms with van der Waals surface area (Å²) >= 11 is 5.52. The van der Waals surface area contributed by atoms with Crippen LogP contribution in [0.25, 0.3) is 0 Å². The Morgan fingerprint density at radius 2 is 1.95 bits per heavy atom. The predicted molar refractivity (Wildman–Crippen MR) is 136 cm³/mol. The third-order valence-electron chi connectivity index (χ3n) is 6.53. The SMILES string of the molecule is CC(COCCC(=O)N1CCN2c3ncc(C(F)(F)F)cc3N(C)C(=S)C2C1)Nc1cn[nH]c(=O)c1C(F)(F)F. The molecule has 10 nitrogen and oxygen atoms in total. The molecule has 2 aromatic heterocycles. The highest BCUT2D eigenvalue weighted by atomic mass is 32.1. The summed E-state index contributed by atoms with van der Waals surface area (Å²) in [4.78, 5) is 33.7. The number of nitrogens with one attached hydrogen (secondary N) is 2. The number of alkyl halides is 6. The first kappa shape index (κ1) is 29.5. The molecule has 4 rings (SSSR count). The number of rotatable bonds is 7. The van der Waals surface area contributed by atoms with Gasteiger partial charge in [0.25, 0.3) is 5.56 Å². The maximum Gasteiger partial charge on any atom is 0.423 e. The molecule has 0 radical (unpaired) electrons. The number of carbonyl (C=O) groups excluding carboxylic acids is 1. The maximum absolute atomic E-state index is 13.2. The number of H-pyrrole nitrogens is 1. The molecule has 40 heavy (non-hydrogen) atoms. The molecule has 0 bridgehead atoms. The van der Waals surface area contributed by atoms with Gasteiger partial charge in [-0.1, -0.05) is 12.2 Å². The Morgan fingerprint density at radius 1 is 1.23 bits per heavy atom. The maximum atomic E-state index is 13.2. The van der Waals surface area contributed by atoms with Crippen molar-refractivity contribution in [3.05, 3.63) is 39.9 Å². The normalized spacial score (nSPS) is 18.4. The van der Waals surface area contributed by atoms with E-state index in [0.717, 1.165) is 18.5 Å². The van der Waals surface area contributed by atoms with Crippen LogP contribution in [0.5, 0.6) is 0 Å². The van der Waals surface area contributed by atoms with Gasteiger partial charge in [-0.2, -0.15) is 31.4 Å². The molecule has 1 saturated heterocycles. The summed E-state index contributed by atoms with van der Waals surface area (Å²) in [6.07, 6.45) is -7.80. The van der Waals surface area contributed by atoms with Crippen molar-refractivity contribution in [2.24, 2.45) is 0 Å². The van der Waals surface area contributed by atoms with Gasteiger partial charge in [-0.05, 0) is 13.0 Å². The quantitative estimate of drug-likeness (QED) is 0.285. The average Bonchev–Trinajstić information content (AvgIpc) is 2.87. The molecule has 2 aliphatic heterocycles. The zero-order chi connectivity index (χ0) is 29.4. The number of amides is 1. The van der Waals surface area contributed by atoms with E-state index >= 15 is 0 Å². The highest BCUT2D eigenvalue weighted by molar-refractivity contribution is 7.80. The smallest absolute Gasteiger partial charge is 0.379 e. The summed E-state index contributed by atoms with van der Waals surface area (Å²) in [6.45, 7) is 2.29. The molecular formula is C23H25F6N7O3S. The first-order valence-electron chi connectivity index (χ1n) is 12.1. The van der Waals surface area contributed by atoms with Gasteiger partial charge in [0.05, 0.1) is 48.8 Å². The lowest BCUT2D eigenvalue weighted by Crippen LogP contribution is -2.62. The fourth-order valence-corrected chi connectivity index (χ4v) is 4.86. The molecule has 17 heteroatoms. The molecular weight excluding hydrogens is 568 g/mol. The van der Waals surface area contributed by atoms with E-state index in [1.54, 1.807) is 28.9 Å². The van der Waals surface area contributed by atoms with Crippen molar-refractivity contribution in [3.8, 4) is 0 Å². The van der Waals surface area contributed by atoms with Crippen molar-refractivity contribution in [2.45, 2.75) is 37.8 Å². The lowest BCUT2D eigenvalue weighted by Gasteiger charge is -2.48. The number of fused-ring (bicyclic) bond motifs is 3. The zero-order valence-corrected chi connectivity index (χ0v) is 22.1. The van der Waals surface area contributed by atoms with Crippen LogP contribution in [0.1, 0.15) is 24.5 Å². The molecule has 218 valence electrons. The molecule has 0 aliphatic carbocycles. The first-order chi connectivity index (χ1) is 18.7. The number of hydrogen-bond donors (Lipinski definition) is 2.